The molecule has 2 aliphatic rings. The summed E-state index contributed by atoms with van der Waals surface area (Å²) in [7, 11) is 0. The van der Waals surface area contributed by atoms with Gasteiger partial charge in [-0.3, -0.25) is 9.13 Å². The number of anilines is 2. The first-order valence-electron chi connectivity index (χ1n) is 11.9. The third-order valence-electron chi connectivity index (χ3n) is 6.98. The number of nitrogen functional groups attached to an aromatic ring is 2. The molecule has 8 atom stereocenters. The van der Waals surface area contributed by atoms with Crippen LogP contribution < -0.4 is 11.5 Å². The molecule has 4 aromatic rings. The van der Waals surface area contributed by atoms with Gasteiger partial charge in [0.15, 0.2) is 46.4 Å². The molecular formula is C20H28N12O8. The maximum Gasteiger partial charge on any atom is 0.190 e. The highest BCUT2D eigenvalue weighted by Gasteiger charge is 2.54. The van der Waals surface area contributed by atoms with Crippen LogP contribution in [0, 0.1) is 0 Å². The van der Waals surface area contributed by atoms with Crippen molar-refractivity contribution < 1.29 is 40.1 Å². The van der Waals surface area contributed by atoms with E-state index in [4.69, 9.17) is 31.2 Å². The van der Waals surface area contributed by atoms with Gasteiger partial charge in [-0.2, -0.15) is 0 Å². The number of hydrogen-bond donors (Lipinski definition) is 8. The van der Waals surface area contributed by atoms with Gasteiger partial charge in [0.05, 0.1) is 25.9 Å². The van der Waals surface area contributed by atoms with E-state index in [0.29, 0.717) is 11.0 Å². The van der Waals surface area contributed by atoms with E-state index in [2.05, 4.69) is 40.8 Å². The number of hydrogen-bond acceptors (Lipinski definition) is 18. The third kappa shape index (κ3) is 4.26. The van der Waals surface area contributed by atoms with E-state index in [9.17, 15) is 20.4 Å². The molecular weight excluding hydrogens is 536 g/mol. The number of ether oxygens (including phenoxy) is 2. The van der Waals surface area contributed by atoms with Crippen LogP contribution in [0.4, 0.5) is 11.6 Å². The van der Waals surface area contributed by atoms with Crippen LogP contribution in [0.1, 0.15) is 26.3 Å². The lowest BCUT2D eigenvalue weighted by atomic mass is 9.96. The zero-order chi connectivity index (χ0) is 29.0. The molecule has 40 heavy (non-hydrogen) atoms. The number of fused-ring (bicyclic) bond motifs is 2. The lowest BCUT2D eigenvalue weighted by molar-refractivity contribution is -0.0951. The van der Waals surface area contributed by atoms with E-state index < -0.39 is 61.3 Å². The Balaban J connectivity index is 0.000000161. The van der Waals surface area contributed by atoms with Crippen molar-refractivity contribution in [3.05, 3.63) is 12.7 Å². The van der Waals surface area contributed by atoms with Gasteiger partial charge in [-0.25, -0.2) is 9.97 Å². The molecule has 2 saturated heterocycles. The number of aromatic nitrogens is 10. The van der Waals surface area contributed by atoms with Gasteiger partial charge in [0.25, 0.3) is 0 Å². The number of nitrogens with zero attached hydrogens (tertiary/aromatic N) is 10. The quantitative estimate of drug-likeness (QED) is 0.116. The molecule has 6 heterocycles. The van der Waals surface area contributed by atoms with Gasteiger partial charge in [-0.05, 0) is 24.3 Å². The van der Waals surface area contributed by atoms with Crippen LogP contribution in [0.3, 0.4) is 0 Å². The predicted molar refractivity (Wildman–Crippen MR) is 130 cm³/mol. The minimum absolute atomic E-state index is 0.102. The number of aliphatic hydroxyl groups is 6. The van der Waals surface area contributed by atoms with Crippen molar-refractivity contribution in [3.63, 3.8) is 0 Å². The number of rotatable bonds is 4. The van der Waals surface area contributed by atoms with Crippen molar-refractivity contribution in [2.24, 2.45) is 0 Å². The average molecular weight is 565 g/mol. The highest BCUT2D eigenvalue weighted by atomic mass is 16.6. The van der Waals surface area contributed by atoms with Crippen LogP contribution in [0.15, 0.2) is 12.7 Å². The SMILES string of the molecule is C[C@@]1(O)[C@H](O)[C@@H](CO)O[C@H]1n1cnc2c(N)nnnc21.C[C@@]1(O)[C@H](O)[C@@H](CO)O[C@H]1n1cnc2c(N)nnnc21. The van der Waals surface area contributed by atoms with Crippen molar-refractivity contribution in [1.82, 2.24) is 49.9 Å². The van der Waals surface area contributed by atoms with Crippen molar-refractivity contribution in [2.45, 2.75) is 61.9 Å². The molecule has 0 amide bonds. The standard InChI is InChI=1S/2C10H14N6O4/c2*1-10(19)6(18)4(2-17)20-9(10)16-3-12-5-7(11)13-15-14-8(5)16/h2*3-4,6,9,17-19H,2H2,1H3,(H2,11,13,14)/t2*4-,6-,9-,10-/m11/s1. The first-order valence-corrected chi connectivity index (χ1v) is 11.9. The van der Waals surface area contributed by atoms with Crippen LogP contribution >= 0.6 is 0 Å². The Morgan fingerprint density at radius 1 is 0.750 bits per heavy atom. The second-order valence-electron chi connectivity index (χ2n) is 9.76. The molecule has 6 rings (SSSR count). The van der Waals surface area contributed by atoms with Crippen LogP contribution in [0.25, 0.3) is 22.3 Å². The van der Waals surface area contributed by atoms with Crippen LogP contribution in [-0.2, 0) is 9.47 Å². The Hall–Kier alpha value is -3.76. The third-order valence-corrected chi connectivity index (χ3v) is 6.98. The summed E-state index contributed by atoms with van der Waals surface area (Å²) in [5.41, 5.74) is 9.21. The largest absolute Gasteiger partial charge is 0.394 e. The molecule has 0 aliphatic carbocycles. The molecule has 4 aromatic heterocycles. The molecule has 0 bridgehead atoms. The lowest BCUT2D eigenvalue weighted by Gasteiger charge is -2.27. The van der Waals surface area contributed by atoms with E-state index in [1.165, 1.54) is 35.6 Å². The summed E-state index contributed by atoms with van der Waals surface area (Å²) in [6.07, 6.45) is -3.53. The lowest BCUT2D eigenvalue weighted by Crippen LogP contribution is -2.44. The molecule has 2 aliphatic heterocycles. The molecule has 216 valence electrons. The Morgan fingerprint density at radius 2 is 1.12 bits per heavy atom. The first-order chi connectivity index (χ1) is 18.9. The van der Waals surface area contributed by atoms with Gasteiger partial charge in [0.1, 0.15) is 35.6 Å². The molecule has 10 N–H and O–H groups in total. The zero-order valence-electron chi connectivity index (χ0n) is 21.2. The maximum absolute atomic E-state index is 10.4. The topological polar surface area (TPSA) is 305 Å². The van der Waals surface area contributed by atoms with Crippen LogP contribution in [0.5, 0.6) is 0 Å². The second-order valence-corrected chi connectivity index (χ2v) is 9.76. The summed E-state index contributed by atoms with van der Waals surface area (Å²) < 4.78 is 13.8. The van der Waals surface area contributed by atoms with Crippen LogP contribution in [-0.4, -0.2) is 129 Å². The smallest absolute Gasteiger partial charge is 0.190 e. The van der Waals surface area contributed by atoms with Gasteiger partial charge in [0.2, 0.25) is 0 Å². The Morgan fingerprint density at radius 3 is 1.45 bits per heavy atom. The molecule has 0 unspecified atom stereocenters. The Bertz CT molecular complexity index is 1400. The molecule has 20 heteroatoms. The number of aliphatic hydroxyl groups excluding tert-OH is 4. The summed E-state index contributed by atoms with van der Waals surface area (Å²) in [6.45, 7) is 1.97. The maximum atomic E-state index is 10.4. The highest BCUT2D eigenvalue weighted by Crippen LogP contribution is 2.40. The van der Waals surface area contributed by atoms with Gasteiger partial charge in [0, 0.05) is 0 Å². The fraction of sp³-hybridized carbons (Fsp3) is 0.600. The molecule has 0 aromatic carbocycles. The van der Waals surface area contributed by atoms with Gasteiger partial charge < -0.3 is 51.6 Å². The van der Waals surface area contributed by atoms with Crippen molar-refractivity contribution in [1.29, 1.82) is 0 Å². The number of imidazole rings is 2. The molecule has 0 spiro atoms. The summed E-state index contributed by atoms with van der Waals surface area (Å²) in [4.78, 5) is 8.08. The minimum atomic E-state index is -1.62. The van der Waals surface area contributed by atoms with E-state index >= 15 is 0 Å². The fourth-order valence-corrected chi connectivity index (χ4v) is 4.71. The predicted octanol–water partition coefficient (Wildman–Crippen LogP) is -4.39. The second kappa shape index (κ2) is 10.0. The van der Waals surface area contributed by atoms with E-state index in [1.54, 1.807) is 0 Å². The van der Waals surface area contributed by atoms with Crippen molar-refractivity contribution in [3.8, 4) is 0 Å². The monoisotopic (exact) mass is 564 g/mol. The Labute approximate surface area is 223 Å². The first kappa shape index (κ1) is 27.8. The molecule has 2 fully saturated rings. The summed E-state index contributed by atoms with van der Waals surface area (Å²) in [6, 6.07) is 0. The van der Waals surface area contributed by atoms with Gasteiger partial charge >= 0.3 is 0 Å². The zero-order valence-corrected chi connectivity index (χ0v) is 21.2. The average Bonchev–Trinajstić information content (AvgIpc) is 3.65. The van der Waals surface area contributed by atoms with E-state index in [0.717, 1.165) is 0 Å². The molecule has 0 saturated carbocycles. The van der Waals surface area contributed by atoms with E-state index in [1.807, 2.05) is 0 Å². The molecule has 20 nitrogen and oxygen atoms in total. The number of nitrogens with two attached hydrogens (primary N) is 2. The normalized spacial score (nSPS) is 33.9. The van der Waals surface area contributed by atoms with Gasteiger partial charge in [-0.1, -0.05) is 0 Å². The summed E-state index contributed by atoms with van der Waals surface area (Å²) in [5.74, 6) is 0.205. The minimum Gasteiger partial charge on any atom is -0.394 e. The Kier molecular flexibility index (Phi) is 6.96. The van der Waals surface area contributed by atoms with Crippen molar-refractivity contribution >= 4 is 34.0 Å². The summed E-state index contributed by atoms with van der Waals surface area (Å²) in [5, 5.41) is 80.8. The van der Waals surface area contributed by atoms with Crippen molar-refractivity contribution in [2.75, 3.05) is 24.7 Å². The summed E-state index contributed by atoms with van der Waals surface area (Å²) >= 11 is 0. The fourth-order valence-electron chi connectivity index (χ4n) is 4.71. The molecule has 0 radical (unpaired) electrons. The van der Waals surface area contributed by atoms with Crippen LogP contribution in [0.2, 0.25) is 0 Å². The van der Waals surface area contributed by atoms with E-state index in [-0.39, 0.29) is 22.9 Å². The highest BCUT2D eigenvalue weighted by molar-refractivity contribution is 5.81. The van der Waals surface area contributed by atoms with Gasteiger partial charge in [-0.15, -0.1) is 20.4 Å².